The van der Waals surface area contributed by atoms with Crippen molar-refractivity contribution >= 4 is 29.1 Å². The molecule has 1 aliphatic rings. The van der Waals surface area contributed by atoms with Crippen molar-refractivity contribution in [2.24, 2.45) is 4.99 Å². The smallest absolute Gasteiger partial charge is 0.338 e. The molecule has 2 heterocycles. The molecule has 1 aliphatic heterocycles. The normalized spacial score (nSPS) is 14.4. The first-order chi connectivity index (χ1) is 22.1. The van der Waals surface area contributed by atoms with Gasteiger partial charge in [0, 0.05) is 5.56 Å². The maximum absolute atomic E-state index is 14.2. The number of thiazole rings is 1. The number of fused-ring (bicyclic) bond motifs is 1. The average Bonchev–Trinajstić information content (AvgIpc) is 3.39. The standard InChI is InChI=1S/C38H32N2O4S/c1-3-14-30-23-27(21-22-31(30)44-25-26-15-8-5-9-16-26)24-32-36(41)40-35(29-19-12-7-13-20-29)33(37(42)43-4-2)34(39-38(40)45-32)28-17-10-6-11-18-28/h3,5-13,15-24,35H,1,4,14,25H2,2H3/b32-24+/t35-/m1/s1. The quantitative estimate of drug-likeness (QED) is 0.138. The minimum Gasteiger partial charge on any atom is -0.489 e. The van der Waals surface area contributed by atoms with Crippen LogP contribution >= 0.6 is 11.3 Å². The van der Waals surface area contributed by atoms with Crippen LogP contribution in [0.3, 0.4) is 0 Å². The van der Waals surface area contributed by atoms with E-state index < -0.39 is 12.0 Å². The van der Waals surface area contributed by atoms with Crippen molar-refractivity contribution in [2.75, 3.05) is 6.61 Å². The highest BCUT2D eigenvalue weighted by Crippen LogP contribution is 2.35. The average molecular weight is 613 g/mol. The first kappa shape index (κ1) is 29.8. The van der Waals surface area contributed by atoms with E-state index in [1.807, 2.05) is 121 Å². The molecule has 0 spiro atoms. The molecular formula is C38H32N2O4S. The summed E-state index contributed by atoms with van der Waals surface area (Å²) in [6, 6.07) is 34.3. The van der Waals surface area contributed by atoms with Gasteiger partial charge in [0.25, 0.3) is 5.56 Å². The summed E-state index contributed by atoms with van der Waals surface area (Å²) in [5, 5.41) is 0. The Morgan fingerprint density at radius 2 is 1.64 bits per heavy atom. The van der Waals surface area contributed by atoms with Gasteiger partial charge < -0.3 is 9.47 Å². The zero-order valence-electron chi connectivity index (χ0n) is 24.9. The van der Waals surface area contributed by atoms with Crippen molar-refractivity contribution in [1.82, 2.24) is 4.57 Å². The number of nitrogens with zero attached hydrogens (tertiary/aromatic N) is 2. The van der Waals surface area contributed by atoms with Crippen LogP contribution in [0.1, 0.15) is 40.8 Å². The molecule has 0 bridgehead atoms. The van der Waals surface area contributed by atoms with Gasteiger partial charge in [-0.05, 0) is 53.8 Å². The van der Waals surface area contributed by atoms with Gasteiger partial charge in [-0.25, -0.2) is 9.79 Å². The second kappa shape index (κ2) is 13.6. The first-order valence-corrected chi connectivity index (χ1v) is 15.6. The largest absolute Gasteiger partial charge is 0.489 e. The molecule has 0 aliphatic carbocycles. The van der Waals surface area contributed by atoms with Crippen molar-refractivity contribution in [3.63, 3.8) is 0 Å². The molecule has 7 heteroatoms. The molecule has 6 rings (SSSR count). The zero-order valence-corrected chi connectivity index (χ0v) is 25.7. The number of aromatic nitrogens is 1. The van der Waals surface area contributed by atoms with Crippen molar-refractivity contribution in [3.05, 3.63) is 175 Å². The lowest BCUT2D eigenvalue weighted by Gasteiger charge is -2.25. The molecule has 0 unspecified atom stereocenters. The molecule has 0 saturated carbocycles. The molecule has 5 aromatic rings. The molecule has 45 heavy (non-hydrogen) atoms. The van der Waals surface area contributed by atoms with Gasteiger partial charge in [-0.2, -0.15) is 0 Å². The minimum atomic E-state index is -0.705. The number of allylic oxidation sites excluding steroid dienone is 1. The number of hydrogen-bond acceptors (Lipinski definition) is 6. The number of rotatable bonds is 10. The topological polar surface area (TPSA) is 69.9 Å². The van der Waals surface area contributed by atoms with E-state index in [1.54, 1.807) is 11.5 Å². The van der Waals surface area contributed by atoms with Gasteiger partial charge in [0.15, 0.2) is 4.80 Å². The van der Waals surface area contributed by atoms with E-state index in [0.29, 0.717) is 33.6 Å². The Bertz CT molecular complexity index is 2050. The van der Waals surface area contributed by atoms with E-state index in [-0.39, 0.29) is 12.2 Å². The fourth-order valence-electron chi connectivity index (χ4n) is 5.42. The number of esters is 1. The van der Waals surface area contributed by atoms with Crippen LogP contribution in [0.15, 0.2) is 137 Å². The summed E-state index contributed by atoms with van der Waals surface area (Å²) in [6.07, 6.45) is 4.32. The molecular weight excluding hydrogens is 580 g/mol. The predicted octanol–water partition coefficient (Wildman–Crippen LogP) is 6.24. The third kappa shape index (κ3) is 6.35. The van der Waals surface area contributed by atoms with Gasteiger partial charge in [-0.15, -0.1) is 6.58 Å². The van der Waals surface area contributed by atoms with Crippen LogP contribution in [0, 0.1) is 0 Å². The zero-order chi connectivity index (χ0) is 31.2. The molecule has 4 aromatic carbocycles. The Labute approximate surface area is 265 Å². The van der Waals surface area contributed by atoms with Crippen LogP contribution in [0.5, 0.6) is 5.75 Å². The van der Waals surface area contributed by atoms with E-state index in [4.69, 9.17) is 14.5 Å². The van der Waals surface area contributed by atoms with Crippen LogP contribution in [0.25, 0.3) is 11.8 Å². The van der Waals surface area contributed by atoms with Crippen LogP contribution < -0.4 is 19.6 Å². The maximum Gasteiger partial charge on any atom is 0.338 e. The Morgan fingerprint density at radius 1 is 0.956 bits per heavy atom. The summed E-state index contributed by atoms with van der Waals surface area (Å²) in [4.78, 5) is 33.2. The van der Waals surface area contributed by atoms with E-state index >= 15 is 0 Å². The Morgan fingerprint density at radius 3 is 2.33 bits per heavy atom. The number of carbonyl (C=O) groups is 1. The van der Waals surface area contributed by atoms with Crippen molar-refractivity contribution < 1.29 is 14.3 Å². The number of ether oxygens (including phenoxy) is 2. The summed E-state index contributed by atoms with van der Waals surface area (Å²) < 4.78 is 13.8. The second-order valence-electron chi connectivity index (χ2n) is 10.5. The monoisotopic (exact) mass is 612 g/mol. The van der Waals surface area contributed by atoms with Gasteiger partial charge >= 0.3 is 5.97 Å². The Balaban J connectivity index is 1.48. The number of hydrogen-bond donors (Lipinski definition) is 0. The highest BCUT2D eigenvalue weighted by Gasteiger charge is 2.35. The Kier molecular flexibility index (Phi) is 8.99. The summed E-state index contributed by atoms with van der Waals surface area (Å²) >= 11 is 1.30. The third-order valence-electron chi connectivity index (χ3n) is 7.47. The molecule has 0 fully saturated rings. The summed E-state index contributed by atoms with van der Waals surface area (Å²) in [5.41, 5.74) is 5.09. The summed E-state index contributed by atoms with van der Waals surface area (Å²) in [6.45, 7) is 6.34. The lowest BCUT2D eigenvalue weighted by molar-refractivity contribution is -0.138. The number of benzene rings is 4. The molecule has 1 atom stereocenters. The van der Waals surface area contributed by atoms with Gasteiger partial charge in [-0.1, -0.05) is 114 Å². The SMILES string of the molecule is C=CCc1cc(/C=c2/sc3n(c2=O)[C@H](c2ccccc2)C(C(=O)OCC)=C(c2ccccc2)N=3)ccc1OCc1ccccc1. The molecule has 0 saturated heterocycles. The van der Waals surface area contributed by atoms with E-state index in [9.17, 15) is 9.59 Å². The fourth-order valence-corrected chi connectivity index (χ4v) is 6.42. The van der Waals surface area contributed by atoms with Gasteiger partial charge in [0.05, 0.1) is 28.5 Å². The molecule has 224 valence electrons. The van der Waals surface area contributed by atoms with E-state index in [1.165, 1.54) is 11.3 Å². The van der Waals surface area contributed by atoms with Crippen LogP contribution in [0.4, 0.5) is 0 Å². The van der Waals surface area contributed by atoms with Crippen molar-refractivity contribution in [2.45, 2.75) is 26.0 Å². The maximum atomic E-state index is 14.2. The number of carbonyl (C=O) groups excluding carboxylic acids is 1. The predicted molar refractivity (Wildman–Crippen MR) is 179 cm³/mol. The van der Waals surface area contributed by atoms with E-state index in [2.05, 4.69) is 6.58 Å². The van der Waals surface area contributed by atoms with Crippen molar-refractivity contribution in [1.29, 1.82) is 0 Å². The van der Waals surface area contributed by atoms with E-state index in [0.717, 1.165) is 33.6 Å². The van der Waals surface area contributed by atoms with Crippen LogP contribution in [-0.4, -0.2) is 17.1 Å². The second-order valence-corrected chi connectivity index (χ2v) is 11.5. The van der Waals surface area contributed by atoms with Crippen LogP contribution in [-0.2, 0) is 22.6 Å². The molecule has 1 aromatic heterocycles. The lowest BCUT2D eigenvalue weighted by Crippen LogP contribution is -2.39. The minimum absolute atomic E-state index is 0.203. The fraction of sp³-hybridized carbons (Fsp3) is 0.132. The lowest BCUT2D eigenvalue weighted by atomic mass is 9.93. The molecule has 0 amide bonds. The molecule has 0 N–H and O–H groups in total. The van der Waals surface area contributed by atoms with Gasteiger partial charge in [-0.3, -0.25) is 9.36 Å². The highest BCUT2D eigenvalue weighted by molar-refractivity contribution is 7.07. The molecule has 0 radical (unpaired) electrons. The highest BCUT2D eigenvalue weighted by atomic mass is 32.1. The summed E-state index contributed by atoms with van der Waals surface area (Å²) in [7, 11) is 0. The van der Waals surface area contributed by atoms with Gasteiger partial charge in [0.1, 0.15) is 12.4 Å². The summed E-state index contributed by atoms with van der Waals surface area (Å²) in [5.74, 6) is 0.274. The first-order valence-electron chi connectivity index (χ1n) is 14.8. The van der Waals surface area contributed by atoms with Crippen molar-refractivity contribution in [3.8, 4) is 5.75 Å². The molecule has 6 nitrogen and oxygen atoms in total. The third-order valence-corrected chi connectivity index (χ3v) is 8.46. The Hall–Kier alpha value is -5.27. The van der Waals surface area contributed by atoms with Crippen LogP contribution in [0.2, 0.25) is 0 Å². The van der Waals surface area contributed by atoms with Gasteiger partial charge in [0.2, 0.25) is 0 Å².